The van der Waals surface area contributed by atoms with Gasteiger partial charge in [0, 0.05) is 44.4 Å². The highest BCUT2D eigenvalue weighted by Crippen LogP contribution is 2.39. The van der Waals surface area contributed by atoms with E-state index in [0.29, 0.717) is 23.9 Å². The van der Waals surface area contributed by atoms with E-state index in [1.54, 1.807) is 10.3 Å². The first-order valence-electron chi connectivity index (χ1n) is 18.1. The fourth-order valence-electron chi connectivity index (χ4n) is 7.07. The van der Waals surface area contributed by atoms with Gasteiger partial charge < -0.3 is 20.3 Å². The standard InChI is InChI=1S/C38H57N5O5S/c1-24(2)19-29(20-27-13-9-8-10-14-27)40-35(45)31-23-49-37(41-31)34(48-26(5)44)21-33(25(3)4)43(7)38(47)30(28-16-17-28)22-39-36(46)32-15-11-12-18-42(32)6/h8-10,13-14,23-25,28-30,32-34H,11-12,15-22H2,1-7H3,(H,39,46)(H,40,45)/t29-,30+,32-,33-,34-/m1/s1. The summed E-state index contributed by atoms with van der Waals surface area (Å²) in [5.74, 6) is -0.322. The van der Waals surface area contributed by atoms with Crippen LogP contribution in [0, 0.1) is 23.7 Å². The second-order valence-electron chi connectivity index (χ2n) is 14.8. The van der Waals surface area contributed by atoms with Crippen LogP contribution in [-0.2, 0) is 25.5 Å². The SMILES string of the molecule is CC(=O)O[C@H](C[C@H](C(C)C)N(C)C(=O)[C@@H](CNC(=O)[C@H]1CCCCN1C)C1CC1)c1nc(C(=O)N[C@@H](Cc2ccccc2)CC(C)C)cs1. The van der Waals surface area contributed by atoms with E-state index < -0.39 is 12.1 Å². The van der Waals surface area contributed by atoms with E-state index in [2.05, 4.69) is 60.3 Å². The van der Waals surface area contributed by atoms with Crippen molar-refractivity contribution in [1.82, 2.24) is 25.4 Å². The summed E-state index contributed by atoms with van der Waals surface area (Å²) in [4.78, 5) is 61.4. The zero-order valence-corrected chi connectivity index (χ0v) is 31.3. The lowest BCUT2D eigenvalue weighted by Gasteiger charge is -2.36. The number of carbonyl (C=O) groups excluding carboxylic acids is 4. The number of benzene rings is 1. The van der Waals surface area contributed by atoms with Crippen molar-refractivity contribution in [2.75, 3.05) is 27.2 Å². The van der Waals surface area contributed by atoms with E-state index in [1.807, 2.05) is 32.3 Å². The van der Waals surface area contributed by atoms with Gasteiger partial charge in [-0.15, -0.1) is 11.3 Å². The highest BCUT2D eigenvalue weighted by atomic mass is 32.1. The molecule has 49 heavy (non-hydrogen) atoms. The van der Waals surface area contributed by atoms with E-state index in [-0.39, 0.29) is 59.3 Å². The maximum absolute atomic E-state index is 14.1. The van der Waals surface area contributed by atoms with Crippen molar-refractivity contribution in [1.29, 1.82) is 0 Å². The number of nitrogens with one attached hydrogen (secondary N) is 2. The molecule has 0 spiro atoms. The van der Waals surface area contributed by atoms with Gasteiger partial charge in [0.15, 0.2) is 6.10 Å². The summed E-state index contributed by atoms with van der Waals surface area (Å²) < 4.78 is 5.81. The molecule has 2 aromatic rings. The van der Waals surface area contributed by atoms with E-state index in [0.717, 1.165) is 57.1 Å². The number of likely N-dealkylation sites (N-methyl/N-ethyl adjacent to an activating group) is 1. The van der Waals surface area contributed by atoms with Crippen LogP contribution >= 0.6 is 11.3 Å². The van der Waals surface area contributed by atoms with E-state index in [1.165, 1.54) is 18.3 Å². The van der Waals surface area contributed by atoms with Gasteiger partial charge in [0.05, 0.1) is 12.0 Å². The second kappa shape index (κ2) is 18.1. The van der Waals surface area contributed by atoms with E-state index in [9.17, 15) is 19.2 Å². The summed E-state index contributed by atoms with van der Waals surface area (Å²) in [6.45, 7) is 11.0. The summed E-state index contributed by atoms with van der Waals surface area (Å²) in [7, 11) is 3.80. The summed E-state index contributed by atoms with van der Waals surface area (Å²) in [6, 6.07) is 9.65. The average molecular weight is 696 g/mol. The Labute approximate surface area is 296 Å². The van der Waals surface area contributed by atoms with E-state index in [4.69, 9.17) is 4.74 Å². The number of nitrogens with zero attached hydrogens (tertiary/aromatic N) is 3. The van der Waals surface area contributed by atoms with Crippen LogP contribution < -0.4 is 10.6 Å². The molecule has 2 heterocycles. The van der Waals surface area contributed by atoms with Crippen LogP contribution in [0.15, 0.2) is 35.7 Å². The minimum atomic E-state index is -0.719. The van der Waals surface area contributed by atoms with Crippen LogP contribution in [0.2, 0.25) is 0 Å². The fraction of sp³-hybridized carbons (Fsp3) is 0.658. The normalized spacial score (nSPS) is 19.2. The number of piperidine rings is 1. The van der Waals surface area contributed by atoms with Crippen LogP contribution in [-0.4, -0.2) is 83.8 Å². The highest BCUT2D eigenvalue weighted by Gasteiger charge is 2.41. The Balaban J connectivity index is 1.44. The third-order valence-electron chi connectivity index (χ3n) is 9.90. The number of likely N-dealkylation sites (tertiary alicyclic amines) is 1. The van der Waals surface area contributed by atoms with Gasteiger partial charge in [0.1, 0.15) is 10.7 Å². The smallest absolute Gasteiger partial charge is 0.303 e. The molecule has 270 valence electrons. The monoisotopic (exact) mass is 695 g/mol. The van der Waals surface area contributed by atoms with Crippen LogP contribution in [0.25, 0.3) is 0 Å². The van der Waals surface area contributed by atoms with Gasteiger partial charge in [-0.2, -0.15) is 0 Å². The maximum atomic E-state index is 14.1. The molecule has 1 aromatic carbocycles. The van der Waals surface area contributed by atoms with Crippen molar-refractivity contribution in [3.63, 3.8) is 0 Å². The molecule has 2 aliphatic rings. The van der Waals surface area contributed by atoms with Crippen molar-refractivity contribution >= 4 is 35.0 Å². The third-order valence-corrected chi connectivity index (χ3v) is 10.8. The van der Waals surface area contributed by atoms with E-state index >= 15 is 0 Å². The van der Waals surface area contributed by atoms with Crippen molar-refractivity contribution < 1.29 is 23.9 Å². The predicted octanol–water partition coefficient (Wildman–Crippen LogP) is 5.63. The zero-order valence-electron chi connectivity index (χ0n) is 30.4. The molecule has 0 bridgehead atoms. The van der Waals surface area contributed by atoms with Crippen molar-refractivity contribution in [3.05, 3.63) is 52.0 Å². The number of carbonyl (C=O) groups is 4. The molecule has 10 nitrogen and oxygen atoms in total. The third kappa shape index (κ3) is 11.4. The lowest BCUT2D eigenvalue weighted by molar-refractivity contribution is -0.148. The topological polar surface area (TPSA) is 121 Å². The molecule has 1 aromatic heterocycles. The number of hydrogen-bond donors (Lipinski definition) is 2. The molecule has 2 fully saturated rings. The first-order valence-corrected chi connectivity index (χ1v) is 18.9. The van der Waals surface area contributed by atoms with Crippen LogP contribution in [0.3, 0.4) is 0 Å². The molecule has 1 aliphatic carbocycles. The molecule has 2 N–H and O–H groups in total. The summed E-state index contributed by atoms with van der Waals surface area (Å²) >= 11 is 1.29. The fourth-order valence-corrected chi connectivity index (χ4v) is 7.91. The Morgan fingerprint density at radius 2 is 1.76 bits per heavy atom. The number of aromatic nitrogens is 1. The van der Waals surface area contributed by atoms with Gasteiger partial charge in [0.2, 0.25) is 11.8 Å². The maximum Gasteiger partial charge on any atom is 0.303 e. The Morgan fingerprint density at radius 1 is 1.04 bits per heavy atom. The number of rotatable bonds is 17. The first-order chi connectivity index (χ1) is 23.3. The number of ether oxygens (including phenoxy) is 1. The van der Waals surface area contributed by atoms with Crippen molar-refractivity contribution in [2.45, 2.75) is 110 Å². The minimum absolute atomic E-state index is 0.00200. The molecular weight excluding hydrogens is 639 g/mol. The quantitative estimate of drug-likeness (QED) is 0.206. The second-order valence-corrected chi connectivity index (χ2v) is 15.7. The molecular formula is C38H57N5O5S. The van der Waals surface area contributed by atoms with Crippen molar-refractivity contribution in [3.8, 4) is 0 Å². The molecule has 5 atom stereocenters. The Kier molecular flexibility index (Phi) is 14.2. The Hall–Kier alpha value is -3.31. The summed E-state index contributed by atoms with van der Waals surface area (Å²) in [5.41, 5.74) is 1.45. The lowest BCUT2D eigenvalue weighted by Crippen LogP contribution is -2.51. The molecule has 1 saturated carbocycles. The van der Waals surface area contributed by atoms with Gasteiger partial charge >= 0.3 is 5.97 Å². The molecule has 0 unspecified atom stereocenters. The predicted molar refractivity (Wildman–Crippen MR) is 193 cm³/mol. The molecule has 1 saturated heterocycles. The molecule has 1 aliphatic heterocycles. The van der Waals surface area contributed by atoms with Gasteiger partial charge in [-0.05, 0) is 75.4 Å². The highest BCUT2D eigenvalue weighted by molar-refractivity contribution is 7.09. The summed E-state index contributed by atoms with van der Waals surface area (Å²) in [5, 5.41) is 8.53. The molecule has 3 amide bonds. The number of amides is 3. The van der Waals surface area contributed by atoms with Crippen LogP contribution in [0.5, 0.6) is 0 Å². The van der Waals surface area contributed by atoms with Gasteiger partial charge in [-0.1, -0.05) is 64.4 Å². The molecule has 0 radical (unpaired) electrons. The van der Waals surface area contributed by atoms with Gasteiger partial charge in [0.25, 0.3) is 5.91 Å². The lowest BCUT2D eigenvalue weighted by atomic mass is 9.93. The number of esters is 1. The first kappa shape index (κ1) is 38.5. The minimum Gasteiger partial charge on any atom is -0.455 e. The average Bonchev–Trinajstić information content (AvgIpc) is 3.76. The zero-order chi connectivity index (χ0) is 35.7. The Bertz CT molecular complexity index is 1390. The van der Waals surface area contributed by atoms with Gasteiger partial charge in [-0.3, -0.25) is 24.1 Å². The summed E-state index contributed by atoms with van der Waals surface area (Å²) in [6.07, 6.45) is 6.08. The van der Waals surface area contributed by atoms with Gasteiger partial charge in [-0.25, -0.2) is 4.98 Å². The largest absolute Gasteiger partial charge is 0.455 e. The van der Waals surface area contributed by atoms with Crippen molar-refractivity contribution in [2.24, 2.45) is 23.7 Å². The number of hydrogen-bond acceptors (Lipinski definition) is 8. The number of thiazole rings is 1. The Morgan fingerprint density at radius 3 is 2.37 bits per heavy atom. The molecule has 4 rings (SSSR count). The molecule has 11 heteroatoms. The van der Waals surface area contributed by atoms with Crippen LogP contribution in [0.4, 0.5) is 0 Å². The van der Waals surface area contributed by atoms with Crippen LogP contribution in [0.1, 0.15) is 107 Å².